The van der Waals surface area contributed by atoms with Crippen LogP contribution < -0.4 is 4.90 Å². The molecular weight excluding hydrogens is 247 g/mol. The maximum absolute atomic E-state index is 13.6. The van der Waals surface area contributed by atoms with Gasteiger partial charge in [-0.3, -0.25) is 10.1 Å². The zero-order valence-corrected chi connectivity index (χ0v) is 10.5. The van der Waals surface area contributed by atoms with E-state index >= 15 is 0 Å². The van der Waals surface area contributed by atoms with E-state index < -0.39 is 16.4 Å². The number of hydrogen-bond acceptors (Lipinski definition) is 3. The minimum Gasteiger partial charge on any atom is -0.365 e. The van der Waals surface area contributed by atoms with Gasteiger partial charge in [0.1, 0.15) is 5.69 Å². The summed E-state index contributed by atoms with van der Waals surface area (Å²) in [6.07, 6.45) is 6.38. The van der Waals surface area contributed by atoms with E-state index in [1.54, 1.807) is 6.07 Å². The smallest absolute Gasteiger partial charge is 0.327 e. The van der Waals surface area contributed by atoms with Gasteiger partial charge in [0.25, 0.3) is 0 Å². The van der Waals surface area contributed by atoms with Crippen molar-refractivity contribution in [3.8, 4) is 0 Å². The lowest BCUT2D eigenvalue weighted by Gasteiger charge is -2.18. The van der Waals surface area contributed by atoms with Crippen LogP contribution in [0.4, 0.5) is 15.8 Å². The molecule has 0 bridgehead atoms. The molecule has 2 atom stereocenters. The van der Waals surface area contributed by atoms with Gasteiger partial charge in [0.15, 0.2) is 0 Å². The van der Waals surface area contributed by atoms with E-state index in [4.69, 9.17) is 0 Å². The Labute approximate surface area is 110 Å². The highest BCUT2D eigenvalue weighted by atomic mass is 19.1. The molecule has 100 valence electrons. The van der Waals surface area contributed by atoms with Gasteiger partial charge in [-0.05, 0) is 36.8 Å². The standard InChI is InChI=1S/C14H15FN2O2/c15-12-6-3-7-13(14(12)17(18)19)16-8-10-4-1-2-5-11(10)9-16/h1-3,6-7,10-11H,4-5,8-9H2. The molecule has 3 rings (SSSR count). The summed E-state index contributed by atoms with van der Waals surface area (Å²) in [5, 5.41) is 11.0. The number of rotatable bonds is 2. The molecular formula is C14H15FN2O2. The molecule has 1 fully saturated rings. The Kier molecular flexibility index (Phi) is 2.97. The Morgan fingerprint density at radius 1 is 1.21 bits per heavy atom. The van der Waals surface area contributed by atoms with Gasteiger partial charge in [0, 0.05) is 13.1 Å². The summed E-state index contributed by atoms with van der Waals surface area (Å²) < 4.78 is 13.6. The molecule has 0 radical (unpaired) electrons. The lowest BCUT2D eigenvalue weighted by atomic mass is 9.86. The fourth-order valence-corrected chi connectivity index (χ4v) is 3.15. The normalized spacial score (nSPS) is 25.4. The molecule has 1 aliphatic heterocycles. The number of benzene rings is 1. The third-order valence-corrected chi connectivity index (χ3v) is 4.11. The fourth-order valence-electron chi connectivity index (χ4n) is 3.15. The quantitative estimate of drug-likeness (QED) is 0.467. The van der Waals surface area contributed by atoms with Gasteiger partial charge >= 0.3 is 5.69 Å². The number of nitro groups is 1. The average molecular weight is 262 g/mol. The van der Waals surface area contributed by atoms with E-state index in [1.807, 2.05) is 4.90 Å². The van der Waals surface area contributed by atoms with Crippen LogP contribution in [0.3, 0.4) is 0 Å². The minimum absolute atomic E-state index is 0.394. The van der Waals surface area contributed by atoms with Crippen LogP contribution >= 0.6 is 0 Å². The topological polar surface area (TPSA) is 46.4 Å². The summed E-state index contributed by atoms with van der Waals surface area (Å²) in [4.78, 5) is 12.4. The van der Waals surface area contributed by atoms with Crippen molar-refractivity contribution in [2.24, 2.45) is 11.8 Å². The summed E-state index contributed by atoms with van der Waals surface area (Å²) in [6.45, 7) is 1.55. The van der Waals surface area contributed by atoms with Crippen molar-refractivity contribution in [3.05, 3.63) is 46.3 Å². The first-order valence-corrected chi connectivity index (χ1v) is 6.49. The van der Waals surface area contributed by atoms with E-state index in [2.05, 4.69) is 12.2 Å². The largest absolute Gasteiger partial charge is 0.365 e. The molecule has 1 aliphatic carbocycles. The molecule has 0 N–H and O–H groups in total. The molecule has 0 aromatic heterocycles. The highest BCUT2D eigenvalue weighted by molar-refractivity contribution is 5.64. The zero-order chi connectivity index (χ0) is 13.4. The van der Waals surface area contributed by atoms with Crippen LogP contribution in [0.5, 0.6) is 0 Å². The first kappa shape index (κ1) is 12.1. The Balaban J connectivity index is 1.92. The molecule has 5 heteroatoms. The highest BCUT2D eigenvalue weighted by Gasteiger charge is 2.36. The van der Waals surface area contributed by atoms with Crippen LogP contribution in [-0.4, -0.2) is 18.0 Å². The first-order valence-electron chi connectivity index (χ1n) is 6.49. The number of halogens is 1. The van der Waals surface area contributed by atoms with E-state index in [1.165, 1.54) is 6.07 Å². The summed E-state index contributed by atoms with van der Waals surface area (Å²) in [5.41, 5.74) is 0.0218. The molecule has 2 aliphatic rings. The predicted molar refractivity (Wildman–Crippen MR) is 70.6 cm³/mol. The van der Waals surface area contributed by atoms with Crippen LogP contribution in [-0.2, 0) is 0 Å². The first-order chi connectivity index (χ1) is 9.16. The monoisotopic (exact) mass is 262 g/mol. The summed E-state index contributed by atoms with van der Waals surface area (Å²) in [6, 6.07) is 4.33. The third-order valence-electron chi connectivity index (χ3n) is 4.11. The third kappa shape index (κ3) is 2.09. The summed E-state index contributed by atoms with van der Waals surface area (Å²) in [5.74, 6) is 0.316. The van der Waals surface area contributed by atoms with Crippen molar-refractivity contribution >= 4 is 11.4 Å². The maximum atomic E-state index is 13.6. The fraction of sp³-hybridized carbons (Fsp3) is 0.429. The molecule has 1 aromatic carbocycles. The van der Waals surface area contributed by atoms with Crippen molar-refractivity contribution in [1.29, 1.82) is 0 Å². The number of nitrogens with zero attached hydrogens (tertiary/aromatic N) is 2. The SMILES string of the molecule is O=[N+]([O-])c1c(F)cccc1N1CC2CC=CCC2C1. The van der Waals surface area contributed by atoms with Crippen molar-refractivity contribution < 1.29 is 9.31 Å². The summed E-state index contributed by atoms with van der Waals surface area (Å²) >= 11 is 0. The number of fused-ring (bicyclic) bond motifs is 1. The second-order valence-electron chi connectivity index (χ2n) is 5.23. The zero-order valence-electron chi connectivity index (χ0n) is 10.5. The Bertz CT molecular complexity index is 528. The summed E-state index contributed by atoms with van der Waals surface area (Å²) in [7, 11) is 0. The second-order valence-corrected chi connectivity index (χ2v) is 5.23. The lowest BCUT2D eigenvalue weighted by Crippen LogP contribution is -2.21. The van der Waals surface area contributed by atoms with Gasteiger partial charge in [-0.15, -0.1) is 0 Å². The van der Waals surface area contributed by atoms with E-state index in [-0.39, 0.29) is 0 Å². The number of hydrogen-bond donors (Lipinski definition) is 0. The number of anilines is 1. The molecule has 19 heavy (non-hydrogen) atoms. The number of para-hydroxylation sites is 1. The molecule has 1 heterocycles. The van der Waals surface area contributed by atoms with Crippen molar-refractivity contribution in [1.82, 2.24) is 0 Å². The lowest BCUT2D eigenvalue weighted by molar-refractivity contribution is -0.386. The van der Waals surface area contributed by atoms with Gasteiger partial charge in [-0.2, -0.15) is 4.39 Å². The van der Waals surface area contributed by atoms with Crippen molar-refractivity contribution in [3.63, 3.8) is 0 Å². The second kappa shape index (κ2) is 4.64. The molecule has 0 spiro atoms. The van der Waals surface area contributed by atoms with Gasteiger partial charge in [-0.1, -0.05) is 18.2 Å². The van der Waals surface area contributed by atoms with Gasteiger partial charge in [0.2, 0.25) is 5.82 Å². The van der Waals surface area contributed by atoms with Crippen LogP contribution in [0.1, 0.15) is 12.8 Å². The van der Waals surface area contributed by atoms with E-state index in [0.717, 1.165) is 32.0 Å². The van der Waals surface area contributed by atoms with Crippen LogP contribution in [0.15, 0.2) is 30.4 Å². The molecule has 1 aromatic rings. The molecule has 2 unspecified atom stereocenters. The molecule has 4 nitrogen and oxygen atoms in total. The molecule has 0 amide bonds. The Hall–Kier alpha value is -1.91. The Morgan fingerprint density at radius 2 is 1.84 bits per heavy atom. The van der Waals surface area contributed by atoms with Crippen molar-refractivity contribution in [2.45, 2.75) is 12.8 Å². The van der Waals surface area contributed by atoms with Crippen LogP contribution in [0.2, 0.25) is 0 Å². The maximum Gasteiger partial charge on any atom is 0.327 e. The highest BCUT2D eigenvalue weighted by Crippen LogP contribution is 2.39. The molecule has 1 saturated heterocycles. The van der Waals surface area contributed by atoms with E-state index in [0.29, 0.717) is 17.5 Å². The number of allylic oxidation sites excluding steroid dienone is 2. The van der Waals surface area contributed by atoms with Gasteiger partial charge < -0.3 is 4.90 Å². The van der Waals surface area contributed by atoms with Crippen molar-refractivity contribution in [2.75, 3.05) is 18.0 Å². The van der Waals surface area contributed by atoms with Crippen LogP contribution in [0, 0.1) is 27.8 Å². The van der Waals surface area contributed by atoms with Gasteiger partial charge in [0.05, 0.1) is 4.92 Å². The predicted octanol–water partition coefficient (Wildman–Crippen LogP) is 3.14. The van der Waals surface area contributed by atoms with Crippen LogP contribution in [0.25, 0.3) is 0 Å². The minimum atomic E-state index is -0.754. The van der Waals surface area contributed by atoms with Gasteiger partial charge in [-0.25, -0.2) is 0 Å². The van der Waals surface area contributed by atoms with E-state index in [9.17, 15) is 14.5 Å². The average Bonchev–Trinajstić information content (AvgIpc) is 2.81. The molecule has 0 saturated carbocycles. The number of nitro benzene ring substituents is 1. The Morgan fingerprint density at radius 3 is 2.42 bits per heavy atom.